The third-order valence-corrected chi connectivity index (χ3v) is 0. The van der Waals surface area contributed by atoms with Crippen LogP contribution in [0.2, 0.25) is 0 Å². The molecule has 66 valence electrons. The SMILES string of the molecule is C=CC.F[P-](F)(F)(F)(F)F.[H+]. The molecule has 0 aliphatic heterocycles. The first-order valence-electron chi connectivity index (χ1n) is 2.00. The van der Waals surface area contributed by atoms with Gasteiger partial charge in [0.2, 0.25) is 0 Å². The largest absolute Gasteiger partial charge is 1.00 e. The van der Waals surface area contributed by atoms with Crippen LogP contribution in [0, 0.1) is 0 Å². The van der Waals surface area contributed by atoms with Crippen LogP contribution in [0.5, 0.6) is 0 Å². The minimum atomic E-state index is -10.7. The van der Waals surface area contributed by atoms with E-state index in [4.69, 9.17) is 0 Å². The van der Waals surface area contributed by atoms with E-state index < -0.39 is 7.81 Å². The van der Waals surface area contributed by atoms with Crippen molar-refractivity contribution in [2.24, 2.45) is 0 Å². The molecule has 0 aromatic heterocycles. The van der Waals surface area contributed by atoms with Gasteiger partial charge in [0.1, 0.15) is 0 Å². The van der Waals surface area contributed by atoms with Gasteiger partial charge in [0.15, 0.2) is 0 Å². The molecular formula is C3H7F6P. The van der Waals surface area contributed by atoms with E-state index in [2.05, 4.69) is 6.58 Å². The van der Waals surface area contributed by atoms with Gasteiger partial charge in [-0.1, -0.05) is 6.08 Å². The van der Waals surface area contributed by atoms with E-state index in [0.29, 0.717) is 0 Å². The van der Waals surface area contributed by atoms with E-state index in [-0.39, 0.29) is 1.43 Å². The van der Waals surface area contributed by atoms with E-state index in [1.807, 2.05) is 6.92 Å². The molecule has 0 spiro atoms. The molecule has 0 nitrogen and oxygen atoms in total. The standard InChI is InChI=1S/C3H6.F6P/c1-3-2;1-7(2,3,4,5)6/h3H,1H2,2H3;/q;-1/p+1. The van der Waals surface area contributed by atoms with Crippen molar-refractivity contribution in [1.29, 1.82) is 0 Å². The molecule has 0 heterocycles. The van der Waals surface area contributed by atoms with Gasteiger partial charge in [0.25, 0.3) is 0 Å². The van der Waals surface area contributed by atoms with Gasteiger partial charge in [-0.2, -0.15) is 0 Å². The Bertz CT molecular complexity index is 107. The van der Waals surface area contributed by atoms with Crippen LogP contribution in [0.4, 0.5) is 25.2 Å². The van der Waals surface area contributed by atoms with E-state index >= 15 is 0 Å². The van der Waals surface area contributed by atoms with Crippen LogP contribution in [0.3, 0.4) is 0 Å². The molecule has 10 heavy (non-hydrogen) atoms. The summed E-state index contributed by atoms with van der Waals surface area (Å²) in [6.07, 6.45) is 1.75. The number of rotatable bonds is 0. The van der Waals surface area contributed by atoms with Crippen LogP contribution >= 0.6 is 7.81 Å². The van der Waals surface area contributed by atoms with Crippen molar-refractivity contribution < 1.29 is 26.6 Å². The van der Waals surface area contributed by atoms with Crippen LogP contribution in [0.1, 0.15) is 8.35 Å². The van der Waals surface area contributed by atoms with Gasteiger partial charge in [-0.15, -0.1) is 6.58 Å². The molecule has 0 radical (unpaired) electrons. The number of allylic oxidation sites excluding steroid dienone is 1. The Morgan fingerprint density at radius 2 is 1.10 bits per heavy atom. The zero-order valence-electron chi connectivity index (χ0n) is 6.00. The molecule has 0 aliphatic rings. The van der Waals surface area contributed by atoms with Gasteiger partial charge in [-0.3, -0.25) is 0 Å². The van der Waals surface area contributed by atoms with Crippen molar-refractivity contribution in [3.8, 4) is 0 Å². The molecule has 0 rings (SSSR count). The summed E-state index contributed by atoms with van der Waals surface area (Å²) in [5.41, 5.74) is 0. The normalized spacial score (nSPS) is 17.5. The molecule has 0 aromatic carbocycles. The monoisotopic (exact) mass is 188 g/mol. The summed E-state index contributed by atoms with van der Waals surface area (Å²) in [7, 11) is -10.7. The van der Waals surface area contributed by atoms with Crippen LogP contribution in [0.15, 0.2) is 12.7 Å². The summed E-state index contributed by atoms with van der Waals surface area (Å²) in [6, 6.07) is 0. The van der Waals surface area contributed by atoms with Crippen molar-refractivity contribution in [2.75, 3.05) is 0 Å². The predicted octanol–water partition coefficient (Wildman–Crippen LogP) is 4.69. The summed E-state index contributed by atoms with van der Waals surface area (Å²) in [4.78, 5) is 0. The number of hydrogen-bond acceptors (Lipinski definition) is 0. The first-order valence-corrected chi connectivity index (χ1v) is 4.03. The molecule has 0 aliphatic carbocycles. The number of hydrogen-bond donors (Lipinski definition) is 0. The Balaban J connectivity index is -0.000000140. The zero-order chi connectivity index (χ0) is 9.12. The fourth-order valence-corrected chi connectivity index (χ4v) is 0. The maximum atomic E-state index is 9.87. The van der Waals surface area contributed by atoms with Crippen molar-refractivity contribution in [1.82, 2.24) is 0 Å². The van der Waals surface area contributed by atoms with E-state index in [1.54, 1.807) is 6.08 Å². The number of halogens is 6. The topological polar surface area (TPSA) is 0 Å². The average molecular weight is 188 g/mol. The van der Waals surface area contributed by atoms with Crippen LogP contribution in [-0.4, -0.2) is 0 Å². The third kappa shape index (κ3) is 5650. The smallest absolute Gasteiger partial charge is 1.00 e. The quantitative estimate of drug-likeness (QED) is 0.294. The molecule has 0 amide bonds. The molecule has 0 aromatic rings. The van der Waals surface area contributed by atoms with Gasteiger partial charge < -0.3 is 0 Å². The maximum absolute atomic E-state index is 10.7. The average Bonchev–Trinajstić information content (AvgIpc) is 1.20. The Morgan fingerprint density at radius 1 is 1.10 bits per heavy atom. The Labute approximate surface area is 55.3 Å². The van der Waals surface area contributed by atoms with Gasteiger partial charge in [0.05, 0.1) is 0 Å². The third-order valence-electron chi connectivity index (χ3n) is 0. The molecule has 0 N–H and O–H groups in total. The van der Waals surface area contributed by atoms with Crippen molar-refractivity contribution in [2.45, 2.75) is 6.92 Å². The van der Waals surface area contributed by atoms with Crippen LogP contribution < -0.4 is 0 Å². The first-order chi connectivity index (χ1) is 3.86. The Morgan fingerprint density at radius 3 is 1.10 bits per heavy atom. The summed E-state index contributed by atoms with van der Waals surface area (Å²) in [5, 5.41) is 0. The molecule has 0 saturated heterocycles. The second-order valence-corrected chi connectivity index (χ2v) is 3.28. The van der Waals surface area contributed by atoms with Crippen LogP contribution in [0.25, 0.3) is 0 Å². The summed E-state index contributed by atoms with van der Waals surface area (Å²) < 4.78 is 59.2. The van der Waals surface area contributed by atoms with Crippen molar-refractivity contribution in [3.63, 3.8) is 0 Å². The Kier molecular flexibility index (Phi) is 2.63. The molecule has 0 bridgehead atoms. The fourth-order valence-electron chi connectivity index (χ4n) is 0. The first kappa shape index (κ1) is 12.4. The predicted molar refractivity (Wildman–Crippen MR) is 30.6 cm³/mol. The second-order valence-electron chi connectivity index (χ2n) is 1.37. The zero-order valence-corrected chi connectivity index (χ0v) is 5.89. The van der Waals surface area contributed by atoms with Gasteiger partial charge in [-0.05, 0) is 6.92 Å². The molecule has 0 unspecified atom stereocenters. The minimum absolute atomic E-state index is 0. The van der Waals surface area contributed by atoms with Crippen LogP contribution in [-0.2, 0) is 0 Å². The summed E-state index contributed by atoms with van der Waals surface area (Å²) in [5.74, 6) is 0. The molecule has 0 saturated carbocycles. The van der Waals surface area contributed by atoms with Gasteiger partial charge in [-0.25, -0.2) is 0 Å². The van der Waals surface area contributed by atoms with Gasteiger partial charge in [0, 0.05) is 0 Å². The minimum Gasteiger partial charge on any atom is 1.00 e. The summed E-state index contributed by atoms with van der Waals surface area (Å²) >= 11 is 0. The molecule has 0 fully saturated rings. The van der Waals surface area contributed by atoms with E-state index in [1.165, 1.54) is 0 Å². The molecular weight excluding hydrogens is 181 g/mol. The Hall–Kier alpha value is -0.250. The fraction of sp³-hybridized carbons (Fsp3) is 0.333. The molecule has 0 atom stereocenters. The van der Waals surface area contributed by atoms with Crippen molar-refractivity contribution >= 4 is 7.81 Å². The van der Waals surface area contributed by atoms with E-state index in [9.17, 15) is 25.2 Å². The summed E-state index contributed by atoms with van der Waals surface area (Å²) in [6.45, 7) is 5.25. The second kappa shape index (κ2) is 2.12. The van der Waals surface area contributed by atoms with Crippen molar-refractivity contribution in [3.05, 3.63) is 12.7 Å². The molecule has 7 heteroatoms. The maximum Gasteiger partial charge on any atom is 1.00 e. The van der Waals surface area contributed by atoms with Gasteiger partial charge >= 0.3 is 34.4 Å². The van der Waals surface area contributed by atoms with E-state index in [0.717, 1.165) is 0 Å².